The number of amides is 1. The van der Waals surface area contributed by atoms with E-state index < -0.39 is 0 Å². The SMILES string of the molecule is Cn1nccc1C(=O)NCCI. The number of nitrogens with zero attached hydrogens (tertiary/aromatic N) is 2. The fourth-order valence-electron chi connectivity index (χ4n) is 0.848. The van der Waals surface area contributed by atoms with Gasteiger partial charge in [-0.2, -0.15) is 5.10 Å². The van der Waals surface area contributed by atoms with Gasteiger partial charge in [0.2, 0.25) is 0 Å². The van der Waals surface area contributed by atoms with Gasteiger partial charge in [-0.3, -0.25) is 9.48 Å². The van der Waals surface area contributed by atoms with Crippen molar-refractivity contribution >= 4 is 28.5 Å². The molecule has 1 aromatic heterocycles. The van der Waals surface area contributed by atoms with Crippen molar-refractivity contribution in [3.63, 3.8) is 0 Å². The van der Waals surface area contributed by atoms with Crippen molar-refractivity contribution in [2.45, 2.75) is 0 Å². The molecule has 1 heterocycles. The molecule has 0 unspecified atom stereocenters. The Morgan fingerprint density at radius 2 is 2.58 bits per heavy atom. The number of carbonyl (C=O) groups excluding carboxylic acids is 1. The van der Waals surface area contributed by atoms with Gasteiger partial charge in [0, 0.05) is 24.2 Å². The first-order valence-corrected chi connectivity index (χ1v) is 5.10. The first-order chi connectivity index (χ1) is 5.75. The lowest BCUT2D eigenvalue weighted by molar-refractivity contribution is 0.0947. The molecule has 1 aromatic rings. The molecule has 1 rings (SSSR count). The molecule has 0 bridgehead atoms. The van der Waals surface area contributed by atoms with Crippen molar-refractivity contribution in [1.29, 1.82) is 0 Å². The van der Waals surface area contributed by atoms with Gasteiger partial charge in [-0.25, -0.2) is 0 Å². The number of aryl methyl sites for hydroxylation is 1. The summed E-state index contributed by atoms with van der Waals surface area (Å²) >= 11 is 2.21. The summed E-state index contributed by atoms with van der Waals surface area (Å²) in [7, 11) is 1.75. The number of carbonyl (C=O) groups is 1. The van der Waals surface area contributed by atoms with E-state index in [1.54, 1.807) is 24.0 Å². The van der Waals surface area contributed by atoms with Gasteiger partial charge < -0.3 is 5.32 Å². The Hall–Kier alpha value is -0.590. The molecule has 0 aliphatic heterocycles. The zero-order chi connectivity index (χ0) is 8.97. The lowest BCUT2D eigenvalue weighted by Crippen LogP contribution is -2.27. The summed E-state index contributed by atoms with van der Waals surface area (Å²) in [6.45, 7) is 0.699. The molecule has 0 saturated heterocycles. The first kappa shape index (κ1) is 9.50. The number of hydrogen-bond donors (Lipinski definition) is 1. The van der Waals surface area contributed by atoms with E-state index in [0.717, 1.165) is 4.43 Å². The van der Waals surface area contributed by atoms with Crippen LogP contribution in [0.25, 0.3) is 0 Å². The molecule has 0 radical (unpaired) electrons. The van der Waals surface area contributed by atoms with Crippen LogP contribution in [-0.4, -0.2) is 26.7 Å². The highest BCUT2D eigenvalue weighted by Crippen LogP contribution is 1.95. The highest BCUT2D eigenvalue weighted by Gasteiger charge is 2.07. The Morgan fingerprint density at radius 3 is 3.08 bits per heavy atom. The molecule has 0 aliphatic rings. The van der Waals surface area contributed by atoms with E-state index in [2.05, 4.69) is 33.0 Å². The van der Waals surface area contributed by atoms with Crippen LogP contribution in [-0.2, 0) is 7.05 Å². The van der Waals surface area contributed by atoms with Crippen molar-refractivity contribution in [3.8, 4) is 0 Å². The maximum atomic E-state index is 11.3. The number of rotatable bonds is 3. The molecule has 1 N–H and O–H groups in total. The maximum absolute atomic E-state index is 11.3. The minimum absolute atomic E-state index is 0.0633. The van der Waals surface area contributed by atoms with Crippen LogP contribution in [0, 0.1) is 0 Å². The summed E-state index contributed by atoms with van der Waals surface area (Å²) < 4.78 is 2.48. The first-order valence-electron chi connectivity index (χ1n) is 3.58. The highest BCUT2D eigenvalue weighted by atomic mass is 127. The van der Waals surface area contributed by atoms with Gasteiger partial charge >= 0.3 is 0 Å². The monoisotopic (exact) mass is 279 g/mol. The van der Waals surface area contributed by atoms with Crippen LogP contribution in [0.4, 0.5) is 0 Å². The molecule has 0 atom stereocenters. The smallest absolute Gasteiger partial charge is 0.269 e. The van der Waals surface area contributed by atoms with Crippen LogP contribution in [0.1, 0.15) is 10.5 Å². The van der Waals surface area contributed by atoms with Crippen LogP contribution < -0.4 is 5.32 Å². The van der Waals surface area contributed by atoms with Gasteiger partial charge in [0.1, 0.15) is 5.69 Å². The normalized spacial score (nSPS) is 9.83. The van der Waals surface area contributed by atoms with Gasteiger partial charge in [-0.05, 0) is 6.07 Å². The molecular weight excluding hydrogens is 269 g/mol. The van der Waals surface area contributed by atoms with Crippen molar-refractivity contribution in [3.05, 3.63) is 18.0 Å². The molecule has 5 heteroatoms. The largest absolute Gasteiger partial charge is 0.350 e. The van der Waals surface area contributed by atoms with Crippen LogP contribution in [0.2, 0.25) is 0 Å². The molecule has 0 aliphatic carbocycles. The molecule has 0 aromatic carbocycles. The molecule has 0 saturated carbocycles. The Kier molecular flexibility index (Phi) is 3.51. The third-order valence-electron chi connectivity index (χ3n) is 1.43. The molecular formula is C7H10IN3O. The number of halogens is 1. The van der Waals surface area contributed by atoms with E-state index >= 15 is 0 Å². The van der Waals surface area contributed by atoms with E-state index in [0.29, 0.717) is 12.2 Å². The van der Waals surface area contributed by atoms with Crippen molar-refractivity contribution in [1.82, 2.24) is 15.1 Å². The molecule has 66 valence electrons. The molecule has 0 fully saturated rings. The summed E-state index contributed by atoms with van der Waals surface area (Å²) in [5, 5.41) is 6.67. The van der Waals surface area contributed by atoms with Crippen LogP contribution in [0.3, 0.4) is 0 Å². The second-order valence-electron chi connectivity index (χ2n) is 2.28. The standard InChI is InChI=1S/C7H10IN3O/c1-11-6(2-4-10-11)7(12)9-5-3-8/h2,4H,3,5H2,1H3,(H,9,12). The van der Waals surface area contributed by atoms with Gasteiger partial charge in [-0.1, -0.05) is 22.6 Å². The third kappa shape index (κ3) is 2.20. The summed E-state index contributed by atoms with van der Waals surface area (Å²) in [5.41, 5.74) is 0.597. The van der Waals surface area contributed by atoms with Gasteiger partial charge in [0.15, 0.2) is 0 Å². The van der Waals surface area contributed by atoms with Crippen LogP contribution >= 0.6 is 22.6 Å². The predicted octanol–water partition coefficient (Wildman–Crippen LogP) is 0.585. The van der Waals surface area contributed by atoms with Crippen molar-refractivity contribution in [2.24, 2.45) is 7.05 Å². The number of alkyl halides is 1. The summed E-state index contributed by atoms with van der Waals surface area (Å²) in [4.78, 5) is 11.3. The Morgan fingerprint density at radius 1 is 1.83 bits per heavy atom. The van der Waals surface area contributed by atoms with Gasteiger partial charge in [0.05, 0.1) is 0 Å². The number of nitrogens with one attached hydrogen (secondary N) is 1. The van der Waals surface area contributed by atoms with Crippen molar-refractivity contribution < 1.29 is 4.79 Å². The summed E-state index contributed by atoms with van der Waals surface area (Å²) in [6.07, 6.45) is 1.61. The van der Waals surface area contributed by atoms with Crippen LogP contribution in [0.15, 0.2) is 12.3 Å². The minimum Gasteiger partial charge on any atom is -0.350 e. The zero-order valence-electron chi connectivity index (χ0n) is 6.75. The quantitative estimate of drug-likeness (QED) is 0.650. The summed E-state index contributed by atoms with van der Waals surface area (Å²) in [6, 6.07) is 1.70. The lowest BCUT2D eigenvalue weighted by Gasteiger charge is -2.01. The van der Waals surface area contributed by atoms with E-state index in [1.165, 1.54) is 0 Å². The van der Waals surface area contributed by atoms with Gasteiger partial charge in [-0.15, -0.1) is 0 Å². The average Bonchev–Trinajstić information content (AvgIpc) is 2.47. The number of hydrogen-bond acceptors (Lipinski definition) is 2. The van der Waals surface area contributed by atoms with Gasteiger partial charge in [0.25, 0.3) is 5.91 Å². The van der Waals surface area contributed by atoms with E-state index in [1.807, 2.05) is 0 Å². The maximum Gasteiger partial charge on any atom is 0.269 e. The minimum atomic E-state index is -0.0633. The Labute approximate surface area is 84.5 Å². The second kappa shape index (κ2) is 4.44. The van der Waals surface area contributed by atoms with E-state index in [-0.39, 0.29) is 5.91 Å². The molecule has 0 spiro atoms. The highest BCUT2D eigenvalue weighted by molar-refractivity contribution is 14.1. The lowest BCUT2D eigenvalue weighted by atomic mass is 10.4. The van der Waals surface area contributed by atoms with Crippen molar-refractivity contribution in [2.75, 3.05) is 11.0 Å². The fraction of sp³-hybridized carbons (Fsp3) is 0.429. The average molecular weight is 279 g/mol. The number of aromatic nitrogens is 2. The predicted molar refractivity (Wildman–Crippen MR) is 54.4 cm³/mol. The second-order valence-corrected chi connectivity index (χ2v) is 3.36. The topological polar surface area (TPSA) is 46.9 Å². The van der Waals surface area contributed by atoms with E-state index in [9.17, 15) is 4.79 Å². The Bertz CT molecular complexity index is 271. The molecule has 12 heavy (non-hydrogen) atoms. The molecule has 1 amide bonds. The Balaban J connectivity index is 2.59. The zero-order valence-corrected chi connectivity index (χ0v) is 8.91. The third-order valence-corrected chi connectivity index (χ3v) is 1.97. The van der Waals surface area contributed by atoms with Crippen LogP contribution in [0.5, 0.6) is 0 Å². The molecule has 4 nitrogen and oxygen atoms in total. The fourth-order valence-corrected chi connectivity index (χ4v) is 1.12. The summed E-state index contributed by atoms with van der Waals surface area (Å²) in [5.74, 6) is -0.0633. The van der Waals surface area contributed by atoms with E-state index in [4.69, 9.17) is 0 Å².